The average molecular weight is 405 g/mol. The Kier molecular flexibility index (Phi) is 5.22. The third-order valence-electron chi connectivity index (χ3n) is 4.04. The Bertz CT molecular complexity index is 810. The number of ether oxygens (including phenoxy) is 1. The standard InChI is InChI=1S/C18H17BrN2O2S/c1-11-5-6-14-15(9-20)18(24-16(14)7-11)21-17(22)10-23-13-4-2-3-12(19)8-13/h2-4,8,11H,5-7,10H2,1H3,(H,21,22)/t11-/m1/s1. The minimum atomic E-state index is -0.252. The van der Waals surface area contributed by atoms with Gasteiger partial charge >= 0.3 is 0 Å². The number of carbonyl (C=O) groups excluding carboxylic acids is 1. The molecule has 1 N–H and O–H groups in total. The van der Waals surface area contributed by atoms with Gasteiger partial charge in [0, 0.05) is 9.35 Å². The molecule has 3 rings (SSSR count). The van der Waals surface area contributed by atoms with Crippen molar-refractivity contribution in [2.75, 3.05) is 11.9 Å². The molecule has 1 aliphatic carbocycles. The van der Waals surface area contributed by atoms with Crippen LogP contribution in [0.4, 0.5) is 5.00 Å². The summed E-state index contributed by atoms with van der Waals surface area (Å²) in [6.45, 7) is 2.14. The van der Waals surface area contributed by atoms with Crippen LogP contribution in [0.15, 0.2) is 28.7 Å². The van der Waals surface area contributed by atoms with Gasteiger partial charge in [0.1, 0.15) is 16.8 Å². The third-order valence-corrected chi connectivity index (χ3v) is 5.71. The Labute approximate surface area is 153 Å². The summed E-state index contributed by atoms with van der Waals surface area (Å²) in [5.41, 5.74) is 1.74. The second-order valence-electron chi connectivity index (χ2n) is 5.96. The zero-order valence-corrected chi connectivity index (χ0v) is 15.7. The van der Waals surface area contributed by atoms with Gasteiger partial charge in [-0.05, 0) is 48.9 Å². The summed E-state index contributed by atoms with van der Waals surface area (Å²) in [6, 6.07) is 9.59. The molecule has 0 spiro atoms. The van der Waals surface area contributed by atoms with Crippen LogP contribution in [0, 0.1) is 17.2 Å². The van der Waals surface area contributed by atoms with Gasteiger partial charge in [-0.3, -0.25) is 4.79 Å². The van der Waals surface area contributed by atoms with Gasteiger partial charge in [-0.15, -0.1) is 11.3 Å². The quantitative estimate of drug-likeness (QED) is 0.814. The molecule has 24 heavy (non-hydrogen) atoms. The number of hydrogen-bond acceptors (Lipinski definition) is 4. The van der Waals surface area contributed by atoms with Crippen LogP contribution in [0.2, 0.25) is 0 Å². The van der Waals surface area contributed by atoms with Crippen LogP contribution in [0.25, 0.3) is 0 Å². The summed E-state index contributed by atoms with van der Waals surface area (Å²) in [6.07, 6.45) is 3.00. The largest absolute Gasteiger partial charge is 0.484 e. The van der Waals surface area contributed by atoms with E-state index in [1.165, 1.54) is 16.2 Å². The van der Waals surface area contributed by atoms with Gasteiger partial charge in [-0.25, -0.2) is 0 Å². The van der Waals surface area contributed by atoms with E-state index in [0.29, 0.717) is 22.2 Å². The highest BCUT2D eigenvalue weighted by atomic mass is 79.9. The molecule has 0 aliphatic heterocycles. The smallest absolute Gasteiger partial charge is 0.262 e. The maximum atomic E-state index is 12.2. The summed E-state index contributed by atoms with van der Waals surface area (Å²) in [5, 5.41) is 12.9. The van der Waals surface area contributed by atoms with Crippen molar-refractivity contribution in [1.29, 1.82) is 5.26 Å². The number of amides is 1. The first-order valence-corrected chi connectivity index (χ1v) is 9.40. The molecule has 0 unspecified atom stereocenters. The zero-order chi connectivity index (χ0) is 17.1. The van der Waals surface area contributed by atoms with Crippen LogP contribution in [-0.4, -0.2) is 12.5 Å². The van der Waals surface area contributed by atoms with E-state index in [4.69, 9.17) is 4.74 Å². The molecule has 6 heteroatoms. The topological polar surface area (TPSA) is 62.1 Å². The number of nitrogens with one attached hydrogen (secondary N) is 1. The van der Waals surface area contributed by atoms with E-state index in [-0.39, 0.29) is 12.5 Å². The zero-order valence-electron chi connectivity index (χ0n) is 13.3. The van der Waals surface area contributed by atoms with Crippen LogP contribution in [0.5, 0.6) is 5.75 Å². The minimum absolute atomic E-state index is 0.0830. The van der Waals surface area contributed by atoms with Crippen molar-refractivity contribution < 1.29 is 9.53 Å². The summed E-state index contributed by atoms with van der Waals surface area (Å²) in [5.74, 6) is 1.00. The normalized spacial score (nSPS) is 16.1. The predicted octanol–water partition coefficient (Wildman–Crippen LogP) is 4.52. The highest BCUT2D eigenvalue weighted by molar-refractivity contribution is 9.10. The number of rotatable bonds is 4. The molecule has 0 fully saturated rings. The molecule has 1 atom stereocenters. The number of benzene rings is 1. The number of thiophene rings is 1. The van der Waals surface area contributed by atoms with E-state index < -0.39 is 0 Å². The lowest BCUT2D eigenvalue weighted by Crippen LogP contribution is -2.20. The molecular formula is C18H17BrN2O2S. The molecule has 124 valence electrons. The van der Waals surface area contributed by atoms with Crippen molar-refractivity contribution >= 4 is 38.2 Å². The lowest BCUT2D eigenvalue weighted by molar-refractivity contribution is -0.118. The summed E-state index contributed by atoms with van der Waals surface area (Å²) in [7, 11) is 0. The Balaban J connectivity index is 1.67. The van der Waals surface area contributed by atoms with Crippen molar-refractivity contribution in [1.82, 2.24) is 0 Å². The Hall–Kier alpha value is -1.84. The fraction of sp³-hybridized carbons (Fsp3) is 0.333. The van der Waals surface area contributed by atoms with Crippen LogP contribution < -0.4 is 10.1 Å². The minimum Gasteiger partial charge on any atom is -0.484 e. The van der Waals surface area contributed by atoms with Gasteiger partial charge in [0.15, 0.2) is 6.61 Å². The Morgan fingerprint density at radius 1 is 1.54 bits per heavy atom. The van der Waals surface area contributed by atoms with Crippen molar-refractivity contribution in [3.8, 4) is 11.8 Å². The number of anilines is 1. The number of fused-ring (bicyclic) bond motifs is 1. The SMILES string of the molecule is C[C@@H]1CCc2c(sc(NC(=O)COc3cccc(Br)c3)c2C#N)C1. The first-order valence-electron chi connectivity index (χ1n) is 7.79. The van der Waals surface area contributed by atoms with Crippen molar-refractivity contribution in [2.45, 2.75) is 26.2 Å². The molecule has 1 aromatic heterocycles. The third kappa shape index (κ3) is 3.80. The fourth-order valence-electron chi connectivity index (χ4n) is 2.83. The van der Waals surface area contributed by atoms with E-state index >= 15 is 0 Å². The van der Waals surface area contributed by atoms with Gasteiger partial charge in [0.2, 0.25) is 0 Å². The highest BCUT2D eigenvalue weighted by Crippen LogP contribution is 2.39. The molecule has 1 amide bonds. The van der Waals surface area contributed by atoms with E-state index in [9.17, 15) is 10.1 Å². The number of halogens is 1. The van der Waals surface area contributed by atoms with E-state index in [0.717, 1.165) is 29.3 Å². The Morgan fingerprint density at radius 3 is 3.12 bits per heavy atom. The van der Waals surface area contributed by atoms with E-state index in [1.807, 2.05) is 12.1 Å². The molecule has 2 aromatic rings. The molecule has 0 radical (unpaired) electrons. The van der Waals surface area contributed by atoms with Crippen LogP contribution in [0.3, 0.4) is 0 Å². The molecular weight excluding hydrogens is 388 g/mol. The lowest BCUT2D eigenvalue weighted by atomic mass is 9.89. The van der Waals surface area contributed by atoms with Crippen molar-refractivity contribution in [2.24, 2.45) is 5.92 Å². The number of nitriles is 1. The first kappa shape index (κ1) is 17.0. The molecule has 0 saturated heterocycles. The van der Waals surface area contributed by atoms with Crippen LogP contribution >= 0.6 is 27.3 Å². The van der Waals surface area contributed by atoms with Gasteiger partial charge in [-0.1, -0.05) is 28.9 Å². The van der Waals surface area contributed by atoms with Crippen LogP contribution in [-0.2, 0) is 17.6 Å². The summed E-state index contributed by atoms with van der Waals surface area (Å²) < 4.78 is 6.39. The molecule has 1 aliphatic rings. The average Bonchev–Trinajstić information content (AvgIpc) is 2.89. The molecule has 0 bridgehead atoms. The van der Waals surface area contributed by atoms with Gasteiger partial charge < -0.3 is 10.1 Å². The van der Waals surface area contributed by atoms with Crippen LogP contribution in [0.1, 0.15) is 29.3 Å². The fourth-order valence-corrected chi connectivity index (χ4v) is 4.58. The molecule has 4 nitrogen and oxygen atoms in total. The first-order chi connectivity index (χ1) is 11.6. The molecule has 1 heterocycles. The summed E-state index contributed by atoms with van der Waals surface area (Å²) in [4.78, 5) is 13.4. The summed E-state index contributed by atoms with van der Waals surface area (Å²) >= 11 is 4.89. The predicted molar refractivity (Wildman–Crippen MR) is 98.5 cm³/mol. The van der Waals surface area contributed by atoms with Gasteiger partial charge in [0.05, 0.1) is 5.56 Å². The maximum absolute atomic E-state index is 12.2. The number of carbonyl (C=O) groups is 1. The van der Waals surface area contributed by atoms with Crippen molar-refractivity contribution in [3.63, 3.8) is 0 Å². The lowest BCUT2D eigenvalue weighted by Gasteiger charge is -2.17. The molecule has 0 saturated carbocycles. The van der Waals surface area contributed by atoms with E-state index in [2.05, 4.69) is 34.2 Å². The Morgan fingerprint density at radius 2 is 2.38 bits per heavy atom. The van der Waals surface area contributed by atoms with Gasteiger partial charge in [0.25, 0.3) is 5.91 Å². The number of hydrogen-bond donors (Lipinski definition) is 1. The van der Waals surface area contributed by atoms with Crippen molar-refractivity contribution in [3.05, 3.63) is 44.7 Å². The monoisotopic (exact) mass is 404 g/mol. The molecule has 1 aromatic carbocycles. The number of nitrogens with zero attached hydrogens (tertiary/aromatic N) is 1. The second-order valence-corrected chi connectivity index (χ2v) is 7.98. The second kappa shape index (κ2) is 7.37. The van der Waals surface area contributed by atoms with E-state index in [1.54, 1.807) is 12.1 Å². The highest BCUT2D eigenvalue weighted by Gasteiger charge is 2.24. The maximum Gasteiger partial charge on any atom is 0.262 e. The van der Waals surface area contributed by atoms with Gasteiger partial charge in [-0.2, -0.15) is 5.26 Å².